The molecule has 0 aromatic rings. The number of rotatable bonds is 2. The molecule has 1 aliphatic carbocycles. The van der Waals surface area contributed by atoms with Crippen molar-refractivity contribution in [3.63, 3.8) is 0 Å². The van der Waals surface area contributed by atoms with Gasteiger partial charge in [0.2, 0.25) is 5.91 Å². The Bertz CT molecular complexity index is 326. The van der Waals surface area contributed by atoms with Crippen LogP contribution in [-0.2, 0) is 9.53 Å². The Kier molecular flexibility index (Phi) is 3.97. The summed E-state index contributed by atoms with van der Waals surface area (Å²) in [7, 11) is 0. The van der Waals surface area contributed by atoms with E-state index < -0.39 is 6.10 Å². The van der Waals surface area contributed by atoms with E-state index in [4.69, 9.17) is 15.7 Å². The summed E-state index contributed by atoms with van der Waals surface area (Å²) in [5, 5.41) is 8.82. The van der Waals surface area contributed by atoms with Gasteiger partial charge in [-0.15, -0.1) is 0 Å². The van der Waals surface area contributed by atoms with Gasteiger partial charge < -0.3 is 15.4 Å². The third-order valence-corrected chi connectivity index (χ3v) is 3.80. The SMILES string of the molecule is N#CC1CN(C(=O)C2CCCC2CN)CCO1. The topological polar surface area (TPSA) is 79.4 Å². The van der Waals surface area contributed by atoms with Crippen LogP contribution in [-0.4, -0.2) is 43.2 Å². The quantitative estimate of drug-likeness (QED) is 0.739. The minimum absolute atomic E-state index is 0.0671. The number of nitriles is 1. The lowest BCUT2D eigenvalue weighted by atomic mass is 9.94. The molecule has 3 unspecified atom stereocenters. The van der Waals surface area contributed by atoms with Gasteiger partial charge in [0.25, 0.3) is 0 Å². The van der Waals surface area contributed by atoms with Gasteiger partial charge >= 0.3 is 0 Å². The third-order valence-electron chi connectivity index (χ3n) is 3.80. The summed E-state index contributed by atoms with van der Waals surface area (Å²) in [5.41, 5.74) is 5.70. The molecular formula is C12H19N3O2. The normalized spacial score (nSPS) is 33.4. The van der Waals surface area contributed by atoms with Crippen LogP contribution in [0.15, 0.2) is 0 Å². The standard InChI is InChI=1S/C12H19N3O2/c13-6-9-2-1-3-11(9)12(16)15-4-5-17-10(7-14)8-15/h9-11H,1-6,8,13H2. The maximum absolute atomic E-state index is 12.3. The lowest BCUT2D eigenvalue weighted by Gasteiger charge is -2.33. The molecule has 94 valence electrons. The summed E-state index contributed by atoms with van der Waals surface area (Å²) in [6.07, 6.45) is 2.61. The van der Waals surface area contributed by atoms with Crippen LogP contribution in [0, 0.1) is 23.2 Å². The van der Waals surface area contributed by atoms with Gasteiger partial charge in [-0.1, -0.05) is 6.42 Å². The molecule has 0 spiro atoms. The highest BCUT2D eigenvalue weighted by Gasteiger charge is 2.36. The molecule has 1 saturated heterocycles. The van der Waals surface area contributed by atoms with Gasteiger partial charge in [-0.25, -0.2) is 0 Å². The fourth-order valence-electron chi connectivity index (χ4n) is 2.81. The predicted molar refractivity (Wildman–Crippen MR) is 61.8 cm³/mol. The zero-order chi connectivity index (χ0) is 12.3. The molecule has 0 aromatic carbocycles. The van der Waals surface area contributed by atoms with Crippen molar-refractivity contribution in [2.45, 2.75) is 25.4 Å². The Morgan fingerprint density at radius 2 is 2.35 bits per heavy atom. The van der Waals surface area contributed by atoms with Crippen molar-refractivity contribution in [1.29, 1.82) is 5.26 Å². The largest absolute Gasteiger partial charge is 0.360 e. The van der Waals surface area contributed by atoms with Gasteiger partial charge in [-0.2, -0.15) is 5.26 Å². The van der Waals surface area contributed by atoms with Crippen molar-refractivity contribution in [2.75, 3.05) is 26.2 Å². The summed E-state index contributed by atoms with van der Waals surface area (Å²) in [4.78, 5) is 14.1. The summed E-state index contributed by atoms with van der Waals surface area (Å²) < 4.78 is 5.24. The van der Waals surface area contributed by atoms with E-state index in [2.05, 4.69) is 6.07 Å². The number of morpholine rings is 1. The van der Waals surface area contributed by atoms with E-state index in [1.165, 1.54) is 0 Å². The van der Waals surface area contributed by atoms with Crippen molar-refractivity contribution in [3.8, 4) is 6.07 Å². The molecule has 5 heteroatoms. The molecule has 2 aliphatic rings. The lowest BCUT2D eigenvalue weighted by molar-refractivity contribution is -0.142. The average molecular weight is 237 g/mol. The zero-order valence-corrected chi connectivity index (χ0v) is 9.97. The van der Waals surface area contributed by atoms with E-state index >= 15 is 0 Å². The minimum atomic E-state index is -0.467. The summed E-state index contributed by atoms with van der Waals surface area (Å²) in [5.74, 6) is 0.560. The van der Waals surface area contributed by atoms with E-state index in [-0.39, 0.29) is 11.8 Å². The lowest BCUT2D eigenvalue weighted by Crippen LogP contribution is -2.48. The molecule has 17 heavy (non-hydrogen) atoms. The summed E-state index contributed by atoms with van der Waals surface area (Å²) >= 11 is 0. The molecule has 1 saturated carbocycles. The Hall–Kier alpha value is -1.12. The van der Waals surface area contributed by atoms with Crippen LogP contribution in [0.2, 0.25) is 0 Å². The van der Waals surface area contributed by atoms with Gasteiger partial charge in [-0.3, -0.25) is 4.79 Å². The van der Waals surface area contributed by atoms with Gasteiger partial charge in [0.1, 0.15) is 0 Å². The molecule has 2 rings (SSSR count). The maximum Gasteiger partial charge on any atom is 0.226 e. The first-order valence-electron chi connectivity index (χ1n) is 6.26. The zero-order valence-electron chi connectivity index (χ0n) is 9.97. The smallest absolute Gasteiger partial charge is 0.226 e. The minimum Gasteiger partial charge on any atom is -0.360 e. The van der Waals surface area contributed by atoms with Crippen molar-refractivity contribution in [1.82, 2.24) is 4.90 Å². The van der Waals surface area contributed by atoms with Gasteiger partial charge in [0.05, 0.1) is 19.2 Å². The average Bonchev–Trinajstić information content (AvgIpc) is 2.86. The molecular weight excluding hydrogens is 218 g/mol. The Morgan fingerprint density at radius 1 is 1.53 bits per heavy atom. The maximum atomic E-state index is 12.3. The van der Waals surface area contributed by atoms with E-state index in [0.717, 1.165) is 19.3 Å². The number of ether oxygens (including phenoxy) is 1. The van der Waals surface area contributed by atoms with Gasteiger partial charge in [0.15, 0.2) is 6.10 Å². The highest BCUT2D eigenvalue weighted by molar-refractivity contribution is 5.79. The first-order valence-corrected chi connectivity index (χ1v) is 6.26. The Balaban J connectivity index is 1.97. The third kappa shape index (κ3) is 2.59. The monoisotopic (exact) mass is 237 g/mol. The Morgan fingerprint density at radius 3 is 3.06 bits per heavy atom. The second-order valence-electron chi connectivity index (χ2n) is 4.81. The highest BCUT2D eigenvalue weighted by Crippen LogP contribution is 2.32. The molecule has 0 radical (unpaired) electrons. The number of carbonyl (C=O) groups excluding carboxylic acids is 1. The van der Waals surface area contributed by atoms with Crippen LogP contribution in [0.4, 0.5) is 0 Å². The number of hydrogen-bond acceptors (Lipinski definition) is 4. The van der Waals surface area contributed by atoms with E-state index in [1.54, 1.807) is 4.90 Å². The highest BCUT2D eigenvalue weighted by atomic mass is 16.5. The van der Waals surface area contributed by atoms with Crippen LogP contribution in [0.25, 0.3) is 0 Å². The van der Waals surface area contributed by atoms with Gasteiger partial charge in [-0.05, 0) is 25.3 Å². The molecule has 1 aliphatic heterocycles. The van der Waals surface area contributed by atoms with E-state index in [0.29, 0.717) is 32.2 Å². The van der Waals surface area contributed by atoms with Crippen molar-refractivity contribution >= 4 is 5.91 Å². The molecule has 1 amide bonds. The summed E-state index contributed by atoms with van der Waals surface area (Å²) in [6.45, 7) is 2.06. The first-order chi connectivity index (χ1) is 8.26. The molecule has 5 nitrogen and oxygen atoms in total. The van der Waals surface area contributed by atoms with Crippen LogP contribution >= 0.6 is 0 Å². The molecule has 0 aromatic heterocycles. The second-order valence-corrected chi connectivity index (χ2v) is 4.81. The number of nitrogens with zero attached hydrogens (tertiary/aromatic N) is 2. The number of hydrogen-bond donors (Lipinski definition) is 1. The van der Waals surface area contributed by atoms with Gasteiger partial charge in [0, 0.05) is 12.5 Å². The summed E-state index contributed by atoms with van der Waals surface area (Å²) in [6, 6.07) is 2.06. The molecule has 1 heterocycles. The van der Waals surface area contributed by atoms with Crippen LogP contribution in [0.3, 0.4) is 0 Å². The second kappa shape index (κ2) is 5.48. The van der Waals surface area contributed by atoms with Crippen LogP contribution < -0.4 is 5.73 Å². The van der Waals surface area contributed by atoms with Crippen molar-refractivity contribution < 1.29 is 9.53 Å². The fraction of sp³-hybridized carbons (Fsp3) is 0.833. The van der Waals surface area contributed by atoms with E-state index in [1.807, 2.05) is 0 Å². The Labute approximate surface area is 102 Å². The van der Waals surface area contributed by atoms with Crippen molar-refractivity contribution in [2.24, 2.45) is 17.6 Å². The molecule has 2 N–H and O–H groups in total. The molecule has 0 bridgehead atoms. The number of amides is 1. The fourth-order valence-corrected chi connectivity index (χ4v) is 2.81. The van der Waals surface area contributed by atoms with Crippen LogP contribution in [0.5, 0.6) is 0 Å². The first kappa shape index (κ1) is 12.3. The molecule has 2 fully saturated rings. The predicted octanol–water partition coefficient (Wildman–Crippen LogP) is 0.112. The number of nitrogens with two attached hydrogens (primary N) is 1. The van der Waals surface area contributed by atoms with Crippen molar-refractivity contribution in [3.05, 3.63) is 0 Å². The number of carbonyl (C=O) groups is 1. The molecule has 3 atom stereocenters. The van der Waals surface area contributed by atoms with Crippen LogP contribution in [0.1, 0.15) is 19.3 Å². The van der Waals surface area contributed by atoms with E-state index in [9.17, 15) is 4.79 Å².